The molecule has 2 fully saturated rings. The van der Waals surface area contributed by atoms with E-state index in [1.165, 1.54) is 6.42 Å². The van der Waals surface area contributed by atoms with Crippen molar-refractivity contribution in [1.29, 1.82) is 0 Å². The third-order valence-electron chi connectivity index (χ3n) is 5.19. The lowest BCUT2D eigenvalue weighted by molar-refractivity contribution is -0.121. The normalized spacial score (nSPS) is 23.2. The Morgan fingerprint density at radius 3 is 2.56 bits per heavy atom. The quantitative estimate of drug-likeness (QED) is 0.858. The first-order valence-corrected chi connectivity index (χ1v) is 10.8. The standard InChI is InChI=1S/C17H28N4O3S/c1-13-11-16(20(2)18-13)21-10-6-9-15(17(21)22)19-25(23,24)12-14-7-4-3-5-8-14/h11,14-15,19H,3-10,12H2,1-2H3. The molecule has 1 unspecified atom stereocenters. The summed E-state index contributed by atoms with van der Waals surface area (Å²) < 4.78 is 29.4. The molecule has 0 spiro atoms. The smallest absolute Gasteiger partial charge is 0.246 e. The molecule has 140 valence electrons. The Balaban J connectivity index is 1.67. The van der Waals surface area contributed by atoms with Crippen LogP contribution in [0.1, 0.15) is 50.6 Å². The van der Waals surface area contributed by atoms with Gasteiger partial charge in [-0.05, 0) is 38.5 Å². The van der Waals surface area contributed by atoms with E-state index in [0.717, 1.165) is 43.6 Å². The molecule has 25 heavy (non-hydrogen) atoms. The zero-order chi connectivity index (χ0) is 18.0. The van der Waals surface area contributed by atoms with Crippen LogP contribution in [-0.4, -0.2) is 42.4 Å². The molecule has 1 saturated carbocycles. The van der Waals surface area contributed by atoms with Crippen LogP contribution in [0.5, 0.6) is 0 Å². The summed E-state index contributed by atoms with van der Waals surface area (Å²) >= 11 is 0. The van der Waals surface area contributed by atoms with Gasteiger partial charge in [0.1, 0.15) is 11.9 Å². The highest BCUT2D eigenvalue weighted by molar-refractivity contribution is 7.89. The maximum absolute atomic E-state index is 12.8. The summed E-state index contributed by atoms with van der Waals surface area (Å²) in [4.78, 5) is 14.5. The first kappa shape index (κ1) is 18.4. The van der Waals surface area contributed by atoms with E-state index < -0.39 is 16.1 Å². The second kappa shape index (κ2) is 7.45. The van der Waals surface area contributed by atoms with Crippen molar-refractivity contribution in [2.45, 2.75) is 57.9 Å². The zero-order valence-corrected chi connectivity index (χ0v) is 15.9. The van der Waals surface area contributed by atoms with Gasteiger partial charge in [0, 0.05) is 19.7 Å². The lowest BCUT2D eigenvalue weighted by Crippen LogP contribution is -2.53. The number of rotatable bonds is 5. The van der Waals surface area contributed by atoms with E-state index in [1.54, 1.807) is 16.6 Å². The largest absolute Gasteiger partial charge is 0.296 e. The van der Waals surface area contributed by atoms with Crippen LogP contribution in [0.15, 0.2) is 6.07 Å². The molecular formula is C17H28N4O3S. The highest BCUT2D eigenvalue weighted by Crippen LogP contribution is 2.26. The van der Waals surface area contributed by atoms with Crippen LogP contribution in [0.25, 0.3) is 0 Å². The van der Waals surface area contributed by atoms with Crippen molar-refractivity contribution in [3.8, 4) is 0 Å². The van der Waals surface area contributed by atoms with Crippen molar-refractivity contribution in [3.63, 3.8) is 0 Å². The fraction of sp³-hybridized carbons (Fsp3) is 0.765. The molecule has 1 aromatic rings. The number of anilines is 1. The van der Waals surface area contributed by atoms with Crippen LogP contribution in [0.3, 0.4) is 0 Å². The molecule has 0 bridgehead atoms. The minimum Gasteiger partial charge on any atom is -0.296 e. The molecule has 1 aromatic heterocycles. The predicted molar refractivity (Wildman–Crippen MR) is 96.8 cm³/mol. The van der Waals surface area contributed by atoms with Crippen LogP contribution in [0.4, 0.5) is 5.82 Å². The van der Waals surface area contributed by atoms with Gasteiger partial charge in [0.05, 0.1) is 11.4 Å². The van der Waals surface area contributed by atoms with Crippen molar-refractivity contribution in [1.82, 2.24) is 14.5 Å². The molecule has 1 aliphatic heterocycles. The first-order valence-electron chi connectivity index (χ1n) is 9.18. The van der Waals surface area contributed by atoms with E-state index in [-0.39, 0.29) is 17.6 Å². The van der Waals surface area contributed by atoms with E-state index in [2.05, 4.69) is 9.82 Å². The molecule has 1 aliphatic carbocycles. The van der Waals surface area contributed by atoms with Crippen molar-refractivity contribution in [2.24, 2.45) is 13.0 Å². The van der Waals surface area contributed by atoms with Crippen LogP contribution in [-0.2, 0) is 21.9 Å². The second-order valence-corrected chi connectivity index (χ2v) is 9.15. The molecular weight excluding hydrogens is 340 g/mol. The van der Waals surface area contributed by atoms with Crippen LogP contribution < -0.4 is 9.62 Å². The molecule has 1 atom stereocenters. The SMILES string of the molecule is Cc1cc(N2CCCC(NS(=O)(=O)CC3CCCCC3)C2=O)n(C)n1. The number of sulfonamides is 1. The van der Waals surface area contributed by atoms with Gasteiger partial charge in [-0.25, -0.2) is 13.1 Å². The Bertz CT molecular complexity index is 722. The van der Waals surface area contributed by atoms with Gasteiger partial charge >= 0.3 is 0 Å². The first-order chi connectivity index (χ1) is 11.9. The monoisotopic (exact) mass is 368 g/mol. The van der Waals surface area contributed by atoms with Gasteiger partial charge < -0.3 is 0 Å². The maximum atomic E-state index is 12.8. The number of hydrogen-bond acceptors (Lipinski definition) is 4. The van der Waals surface area contributed by atoms with Gasteiger partial charge in [0.2, 0.25) is 15.9 Å². The number of carbonyl (C=O) groups is 1. The van der Waals surface area contributed by atoms with Crippen molar-refractivity contribution >= 4 is 21.7 Å². The summed E-state index contributed by atoms with van der Waals surface area (Å²) in [7, 11) is -1.65. The Hall–Kier alpha value is -1.41. The number of nitrogens with zero attached hydrogens (tertiary/aromatic N) is 3. The second-order valence-electron chi connectivity index (χ2n) is 7.36. The molecule has 0 aromatic carbocycles. The third-order valence-corrected chi connectivity index (χ3v) is 6.75. The number of amides is 1. The fourth-order valence-corrected chi connectivity index (χ4v) is 5.69. The molecule has 1 N–H and O–H groups in total. The van der Waals surface area contributed by atoms with Gasteiger partial charge in [-0.3, -0.25) is 14.4 Å². The van der Waals surface area contributed by atoms with Gasteiger partial charge in [-0.2, -0.15) is 5.10 Å². The van der Waals surface area contributed by atoms with E-state index in [9.17, 15) is 13.2 Å². The van der Waals surface area contributed by atoms with Crippen LogP contribution in [0.2, 0.25) is 0 Å². The topological polar surface area (TPSA) is 84.3 Å². The molecule has 1 saturated heterocycles. The maximum Gasteiger partial charge on any atom is 0.246 e. The Morgan fingerprint density at radius 1 is 1.20 bits per heavy atom. The van der Waals surface area contributed by atoms with E-state index in [1.807, 2.05) is 13.0 Å². The molecule has 2 aliphatic rings. The predicted octanol–water partition coefficient (Wildman–Crippen LogP) is 1.72. The Kier molecular flexibility index (Phi) is 5.48. The van der Waals surface area contributed by atoms with E-state index >= 15 is 0 Å². The van der Waals surface area contributed by atoms with Crippen LogP contribution in [0, 0.1) is 12.8 Å². The minimum absolute atomic E-state index is 0.140. The molecule has 2 heterocycles. The summed E-state index contributed by atoms with van der Waals surface area (Å²) in [6.07, 6.45) is 6.68. The molecule has 3 rings (SSSR count). The van der Waals surface area contributed by atoms with Crippen molar-refractivity contribution in [3.05, 3.63) is 11.8 Å². The van der Waals surface area contributed by atoms with Gasteiger partial charge in [0.25, 0.3) is 0 Å². The van der Waals surface area contributed by atoms with E-state index in [4.69, 9.17) is 0 Å². The minimum atomic E-state index is -3.44. The van der Waals surface area contributed by atoms with Gasteiger partial charge in [-0.15, -0.1) is 0 Å². The summed E-state index contributed by atoms with van der Waals surface area (Å²) in [5, 5.41) is 4.28. The molecule has 7 nitrogen and oxygen atoms in total. The number of hydrogen-bond donors (Lipinski definition) is 1. The van der Waals surface area contributed by atoms with Crippen LogP contribution >= 0.6 is 0 Å². The summed E-state index contributed by atoms with van der Waals surface area (Å²) in [6, 6.07) is 1.19. The number of aromatic nitrogens is 2. The highest BCUT2D eigenvalue weighted by atomic mass is 32.2. The number of carbonyl (C=O) groups excluding carboxylic acids is 1. The lowest BCUT2D eigenvalue weighted by atomic mass is 9.91. The molecule has 8 heteroatoms. The van der Waals surface area contributed by atoms with Crippen molar-refractivity contribution in [2.75, 3.05) is 17.2 Å². The summed E-state index contributed by atoms with van der Waals surface area (Å²) in [5.41, 5.74) is 0.838. The summed E-state index contributed by atoms with van der Waals surface area (Å²) in [6.45, 7) is 2.47. The number of nitrogens with one attached hydrogen (secondary N) is 1. The van der Waals surface area contributed by atoms with Gasteiger partial charge in [0.15, 0.2) is 0 Å². The average molecular weight is 369 g/mol. The number of aryl methyl sites for hydroxylation is 2. The van der Waals surface area contributed by atoms with Crippen molar-refractivity contribution < 1.29 is 13.2 Å². The third kappa shape index (κ3) is 4.41. The van der Waals surface area contributed by atoms with Gasteiger partial charge in [-0.1, -0.05) is 19.3 Å². The Morgan fingerprint density at radius 2 is 1.92 bits per heavy atom. The highest BCUT2D eigenvalue weighted by Gasteiger charge is 2.34. The molecule has 1 amide bonds. The number of piperidine rings is 1. The van der Waals surface area contributed by atoms with E-state index in [0.29, 0.717) is 13.0 Å². The lowest BCUT2D eigenvalue weighted by Gasteiger charge is -2.32. The molecule has 0 radical (unpaired) electrons. The summed E-state index contributed by atoms with van der Waals surface area (Å²) in [5.74, 6) is 0.905. The Labute approximate surface area is 149 Å². The fourth-order valence-electron chi connectivity index (χ4n) is 3.99. The average Bonchev–Trinajstić information content (AvgIpc) is 2.88. The zero-order valence-electron chi connectivity index (χ0n) is 15.1.